The average Bonchev–Trinajstić information content (AvgIpc) is 2.79. The molecule has 0 radical (unpaired) electrons. The van der Waals surface area contributed by atoms with Crippen LogP contribution in [-0.4, -0.2) is 21.7 Å². The normalized spacial score (nSPS) is 12.9. The van der Waals surface area contributed by atoms with Crippen molar-refractivity contribution in [3.05, 3.63) is 29.9 Å². The minimum atomic E-state index is 0.105. The number of aryl methyl sites for hydroxylation is 1. The molecule has 18 heavy (non-hydrogen) atoms. The Kier molecular flexibility index (Phi) is 3.72. The lowest BCUT2D eigenvalue weighted by Crippen LogP contribution is -2.18. The Balaban J connectivity index is 2.34. The van der Waals surface area contributed by atoms with E-state index in [1.54, 1.807) is 12.4 Å². The van der Waals surface area contributed by atoms with E-state index in [1.165, 1.54) is 0 Å². The molecule has 5 nitrogen and oxygen atoms in total. The van der Waals surface area contributed by atoms with Gasteiger partial charge in [-0.05, 0) is 24.5 Å². The molecular formula is C13H18N4O. The number of nitrogens with two attached hydrogens (primary N) is 1. The molecule has 0 fully saturated rings. The van der Waals surface area contributed by atoms with E-state index in [1.807, 2.05) is 13.0 Å². The van der Waals surface area contributed by atoms with Crippen molar-refractivity contribution in [3.8, 4) is 11.4 Å². The van der Waals surface area contributed by atoms with E-state index in [9.17, 15) is 0 Å². The smallest absolute Gasteiger partial charge is 0.231 e. The Labute approximate surface area is 106 Å². The highest BCUT2D eigenvalue weighted by atomic mass is 16.5. The zero-order chi connectivity index (χ0) is 13.1. The van der Waals surface area contributed by atoms with Gasteiger partial charge in [-0.1, -0.05) is 19.0 Å². The van der Waals surface area contributed by atoms with E-state index in [4.69, 9.17) is 10.3 Å². The molecule has 0 spiro atoms. The van der Waals surface area contributed by atoms with Crippen molar-refractivity contribution >= 4 is 0 Å². The second-order valence-electron chi connectivity index (χ2n) is 4.73. The van der Waals surface area contributed by atoms with Crippen molar-refractivity contribution in [1.29, 1.82) is 0 Å². The lowest BCUT2D eigenvalue weighted by molar-refractivity contribution is 0.324. The highest BCUT2D eigenvalue weighted by Crippen LogP contribution is 2.25. The van der Waals surface area contributed by atoms with Gasteiger partial charge in [-0.25, -0.2) is 0 Å². The molecule has 2 aromatic heterocycles. The monoisotopic (exact) mass is 246 g/mol. The van der Waals surface area contributed by atoms with Gasteiger partial charge in [0.2, 0.25) is 11.7 Å². The number of rotatable bonds is 4. The fourth-order valence-electron chi connectivity index (χ4n) is 1.88. The zero-order valence-electron chi connectivity index (χ0n) is 10.9. The highest BCUT2D eigenvalue weighted by molar-refractivity contribution is 5.57. The van der Waals surface area contributed by atoms with Crippen LogP contribution in [0.1, 0.15) is 31.2 Å². The number of hydrogen-bond acceptors (Lipinski definition) is 5. The summed E-state index contributed by atoms with van der Waals surface area (Å²) in [6.07, 6.45) is 3.51. The number of nitrogens with zero attached hydrogens (tertiary/aromatic N) is 3. The molecule has 0 aromatic carbocycles. The Hall–Kier alpha value is -1.75. The van der Waals surface area contributed by atoms with Crippen LogP contribution in [0, 0.1) is 12.8 Å². The molecule has 5 heteroatoms. The zero-order valence-corrected chi connectivity index (χ0v) is 10.9. The first-order chi connectivity index (χ1) is 8.63. The van der Waals surface area contributed by atoms with Gasteiger partial charge >= 0.3 is 0 Å². The molecule has 96 valence electrons. The summed E-state index contributed by atoms with van der Waals surface area (Å²) in [6, 6.07) is 1.89. The summed E-state index contributed by atoms with van der Waals surface area (Å²) >= 11 is 0. The first kappa shape index (κ1) is 12.7. The summed E-state index contributed by atoms with van der Waals surface area (Å²) in [5.74, 6) is 1.69. The summed E-state index contributed by atoms with van der Waals surface area (Å²) in [4.78, 5) is 8.50. The Morgan fingerprint density at radius 2 is 2.17 bits per heavy atom. The van der Waals surface area contributed by atoms with Crippen LogP contribution in [0.5, 0.6) is 0 Å². The fraction of sp³-hybridized carbons (Fsp3) is 0.462. The lowest BCUT2D eigenvalue weighted by Gasteiger charge is -2.13. The van der Waals surface area contributed by atoms with Crippen LogP contribution in [0.3, 0.4) is 0 Å². The van der Waals surface area contributed by atoms with Crippen molar-refractivity contribution in [2.45, 2.75) is 26.7 Å². The molecule has 0 saturated carbocycles. The van der Waals surface area contributed by atoms with Crippen LogP contribution in [-0.2, 0) is 0 Å². The van der Waals surface area contributed by atoms with Crippen molar-refractivity contribution in [2.24, 2.45) is 11.7 Å². The lowest BCUT2D eigenvalue weighted by atomic mass is 9.96. The van der Waals surface area contributed by atoms with Crippen LogP contribution in [0.15, 0.2) is 23.0 Å². The second kappa shape index (κ2) is 5.27. The first-order valence-electron chi connectivity index (χ1n) is 6.08. The second-order valence-corrected chi connectivity index (χ2v) is 4.73. The van der Waals surface area contributed by atoms with E-state index in [-0.39, 0.29) is 5.92 Å². The van der Waals surface area contributed by atoms with Gasteiger partial charge < -0.3 is 10.3 Å². The summed E-state index contributed by atoms with van der Waals surface area (Å²) in [7, 11) is 0. The maximum absolute atomic E-state index is 5.75. The van der Waals surface area contributed by atoms with Gasteiger partial charge in [-0.15, -0.1) is 0 Å². The molecule has 1 unspecified atom stereocenters. The van der Waals surface area contributed by atoms with Crippen molar-refractivity contribution < 1.29 is 4.52 Å². The van der Waals surface area contributed by atoms with Crippen molar-refractivity contribution in [1.82, 2.24) is 15.1 Å². The SMILES string of the molecule is Cc1cnccc1-c1noc(C(CN)C(C)C)n1. The summed E-state index contributed by atoms with van der Waals surface area (Å²) in [6.45, 7) is 6.67. The molecule has 1 atom stereocenters. The number of aromatic nitrogens is 3. The van der Waals surface area contributed by atoms with E-state index >= 15 is 0 Å². The van der Waals surface area contributed by atoms with Crippen molar-refractivity contribution in [2.75, 3.05) is 6.54 Å². The van der Waals surface area contributed by atoms with Crippen LogP contribution in [0.2, 0.25) is 0 Å². The standard InChI is InChI=1S/C13H18N4O/c1-8(2)11(6-14)13-16-12(17-18-13)10-4-5-15-7-9(10)3/h4-5,7-8,11H,6,14H2,1-3H3. The third-order valence-electron chi connectivity index (χ3n) is 3.08. The molecule has 0 aliphatic heterocycles. The molecule has 2 heterocycles. The Bertz CT molecular complexity index is 521. The van der Waals surface area contributed by atoms with Gasteiger partial charge in [0.05, 0.1) is 5.92 Å². The molecule has 0 amide bonds. The maximum atomic E-state index is 5.75. The van der Waals surface area contributed by atoms with E-state index in [0.717, 1.165) is 11.1 Å². The predicted octanol–water partition coefficient (Wildman–Crippen LogP) is 2.14. The van der Waals surface area contributed by atoms with Gasteiger partial charge in [-0.2, -0.15) is 4.98 Å². The van der Waals surface area contributed by atoms with E-state index in [0.29, 0.717) is 24.2 Å². The van der Waals surface area contributed by atoms with Crippen LogP contribution >= 0.6 is 0 Å². The van der Waals surface area contributed by atoms with E-state index < -0.39 is 0 Å². The summed E-state index contributed by atoms with van der Waals surface area (Å²) < 4.78 is 5.33. The van der Waals surface area contributed by atoms with Gasteiger partial charge in [-0.3, -0.25) is 4.98 Å². The van der Waals surface area contributed by atoms with Gasteiger partial charge in [0.15, 0.2) is 0 Å². The van der Waals surface area contributed by atoms with Crippen LogP contribution in [0.4, 0.5) is 0 Å². The third kappa shape index (κ3) is 2.41. The predicted molar refractivity (Wildman–Crippen MR) is 68.9 cm³/mol. The van der Waals surface area contributed by atoms with Crippen LogP contribution < -0.4 is 5.73 Å². The van der Waals surface area contributed by atoms with E-state index in [2.05, 4.69) is 29.0 Å². The first-order valence-corrected chi connectivity index (χ1v) is 6.08. The largest absolute Gasteiger partial charge is 0.339 e. The van der Waals surface area contributed by atoms with Gasteiger partial charge in [0.25, 0.3) is 0 Å². The quantitative estimate of drug-likeness (QED) is 0.894. The van der Waals surface area contributed by atoms with Gasteiger partial charge in [0, 0.05) is 24.5 Å². The average molecular weight is 246 g/mol. The molecule has 2 N–H and O–H groups in total. The Morgan fingerprint density at radius 3 is 2.78 bits per heavy atom. The fourth-order valence-corrected chi connectivity index (χ4v) is 1.88. The Morgan fingerprint density at radius 1 is 1.39 bits per heavy atom. The molecule has 2 rings (SSSR count). The molecule has 2 aromatic rings. The van der Waals surface area contributed by atoms with Gasteiger partial charge in [0.1, 0.15) is 0 Å². The number of hydrogen-bond donors (Lipinski definition) is 1. The minimum absolute atomic E-state index is 0.105. The molecule has 0 saturated heterocycles. The van der Waals surface area contributed by atoms with Crippen molar-refractivity contribution in [3.63, 3.8) is 0 Å². The molecule has 0 bridgehead atoms. The molecular weight excluding hydrogens is 228 g/mol. The van der Waals surface area contributed by atoms with Crippen LogP contribution in [0.25, 0.3) is 11.4 Å². The third-order valence-corrected chi connectivity index (χ3v) is 3.08. The maximum Gasteiger partial charge on any atom is 0.231 e. The summed E-state index contributed by atoms with van der Waals surface area (Å²) in [5.41, 5.74) is 7.72. The molecule has 0 aliphatic rings. The minimum Gasteiger partial charge on any atom is -0.339 e. The summed E-state index contributed by atoms with van der Waals surface area (Å²) in [5, 5.41) is 4.03. The number of pyridine rings is 1. The molecule has 0 aliphatic carbocycles. The topological polar surface area (TPSA) is 77.8 Å². The highest BCUT2D eigenvalue weighted by Gasteiger charge is 2.21.